The van der Waals surface area contributed by atoms with Gasteiger partial charge in [0, 0.05) is 6.04 Å². The summed E-state index contributed by atoms with van der Waals surface area (Å²) in [5.74, 6) is 0.220. The highest BCUT2D eigenvalue weighted by molar-refractivity contribution is 5.27. The third-order valence-corrected chi connectivity index (χ3v) is 2.75. The Morgan fingerprint density at radius 1 is 1.36 bits per heavy atom. The lowest BCUT2D eigenvalue weighted by atomic mass is 9.93. The van der Waals surface area contributed by atoms with Crippen molar-refractivity contribution >= 4 is 0 Å². The summed E-state index contributed by atoms with van der Waals surface area (Å²) in [4.78, 5) is 0. The topological polar surface area (TPSA) is 26.0 Å². The first-order valence-electron chi connectivity index (χ1n) is 5.01. The van der Waals surface area contributed by atoms with E-state index in [0.717, 1.165) is 17.5 Å². The molecule has 0 aromatic heterocycles. The molecule has 1 nitrogen and oxygen atoms in total. The molecule has 1 aromatic carbocycles. The second-order valence-corrected chi connectivity index (χ2v) is 4.11. The van der Waals surface area contributed by atoms with E-state index in [1.54, 1.807) is 6.07 Å². The Bertz CT molecular complexity index is 307. The van der Waals surface area contributed by atoms with E-state index in [9.17, 15) is 4.39 Å². The molecule has 2 unspecified atom stereocenters. The number of nitrogens with two attached hydrogens (primary N) is 1. The summed E-state index contributed by atoms with van der Waals surface area (Å²) in [6, 6.07) is 5.07. The first kappa shape index (κ1) is 11.2. The number of benzene rings is 1. The first-order chi connectivity index (χ1) is 6.50. The largest absolute Gasteiger partial charge is 0.328 e. The molecule has 2 heteroatoms. The zero-order valence-electron chi connectivity index (χ0n) is 9.05. The van der Waals surface area contributed by atoms with Crippen LogP contribution in [-0.4, -0.2) is 6.04 Å². The van der Waals surface area contributed by atoms with Gasteiger partial charge in [-0.15, -0.1) is 0 Å². The van der Waals surface area contributed by atoms with Crippen molar-refractivity contribution in [1.29, 1.82) is 0 Å². The monoisotopic (exact) mass is 195 g/mol. The normalized spacial score (nSPS) is 15.2. The molecule has 0 aliphatic heterocycles. The number of hydrogen-bond acceptors (Lipinski definition) is 1. The van der Waals surface area contributed by atoms with Gasteiger partial charge in [0.15, 0.2) is 0 Å². The van der Waals surface area contributed by atoms with Crippen molar-refractivity contribution in [1.82, 2.24) is 0 Å². The molecule has 0 fully saturated rings. The van der Waals surface area contributed by atoms with Crippen LogP contribution in [0.2, 0.25) is 0 Å². The van der Waals surface area contributed by atoms with Crippen molar-refractivity contribution < 1.29 is 4.39 Å². The third kappa shape index (κ3) is 2.81. The van der Waals surface area contributed by atoms with Crippen LogP contribution in [-0.2, 0) is 6.42 Å². The summed E-state index contributed by atoms with van der Waals surface area (Å²) in [6.07, 6.45) is 0.848. The van der Waals surface area contributed by atoms with Gasteiger partial charge < -0.3 is 5.73 Å². The van der Waals surface area contributed by atoms with Crippen LogP contribution in [0.3, 0.4) is 0 Å². The van der Waals surface area contributed by atoms with Gasteiger partial charge in [0.2, 0.25) is 0 Å². The van der Waals surface area contributed by atoms with E-state index in [1.165, 1.54) is 6.07 Å². The number of halogens is 1. The molecule has 0 saturated carbocycles. The Labute approximate surface area is 85.1 Å². The van der Waals surface area contributed by atoms with Gasteiger partial charge in [0.25, 0.3) is 0 Å². The van der Waals surface area contributed by atoms with Crippen LogP contribution in [0.5, 0.6) is 0 Å². The fourth-order valence-corrected chi connectivity index (χ4v) is 1.39. The minimum absolute atomic E-state index is 0.151. The van der Waals surface area contributed by atoms with Gasteiger partial charge in [-0.1, -0.05) is 13.0 Å². The fraction of sp³-hybridized carbons (Fsp3) is 0.500. The van der Waals surface area contributed by atoms with Gasteiger partial charge in [-0.25, -0.2) is 4.39 Å². The molecule has 1 aromatic rings. The van der Waals surface area contributed by atoms with Crippen LogP contribution in [0.25, 0.3) is 0 Å². The SMILES string of the molecule is Cc1ccc(F)cc1CC(C)C(C)N. The molecule has 0 bridgehead atoms. The summed E-state index contributed by atoms with van der Waals surface area (Å²) in [5.41, 5.74) is 7.98. The molecule has 0 heterocycles. The van der Waals surface area contributed by atoms with Crippen LogP contribution in [0, 0.1) is 18.7 Å². The highest BCUT2D eigenvalue weighted by Crippen LogP contribution is 2.16. The molecule has 0 radical (unpaired) electrons. The molecule has 1 rings (SSSR count). The Kier molecular flexibility index (Phi) is 3.64. The molecule has 2 atom stereocenters. The minimum atomic E-state index is -0.164. The van der Waals surface area contributed by atoms with Crippen molar-refractivity contribution in [2.45, 2.75) is 33.2 Å². The van der Waals surface area contributed by atoms with Gasteiger partial charge in [0.05, 0.1) is 0 Å². The second-order valence-electron chi connectivity index (χ2n) is 4.11. The lowest BCUT2D eigenvalue weighted by molar-refractivity contribution is 0.479. The van der Waals surface area contributed by atoms with Crippen molar-refractivity contribution in [2.24, 2.45) is 11.7 Å². The van der Waals surface area contributed by atoms with Crippen LogP contribution in [0.4, 0.5) is 4.39 Å². The molecule has 14 heavy (non-hydrogen) atoms. The Morgan fingerprint density at radius 2 is 2.00 bits per heavy atom. The summed E-state index contributed by atoms with van der Waals surface area (Å²) in [7, 11) is 0. The van der Waals surface area contributed by atoms with Crippen LogP contribution in [0.1, 0.15) is 25.0 Å². The standard InChI is InChI=1S/C12H18FN/c1-8-4-5-12(13)7-11(8)6-9(2)10(3)14/h4-5,7,9-10H,6,14H2,1-3H3. The van der Waals surface area contributed by atoms with E-state index in [1.807, 2.05) is 19.9 Å². The molecule has 0 spiro atoms. The summed E-state index contributed by atoms with van der Waals surface area (Å²) >= 11 is 0. The van der Waals surface area contributed by atoms with Crippen LogP contribution < -0.4 is 5.73 Å². The fourth-order valence-electron chi connectivity index (χ4n) is 1.39. The number of hydrogen-bond donors (Lipinski definition) is 1. The quantitative estimate of drug-likeness (QED) is 0.788. The highest BCUT2D eigenvalue weighted by Gasteiger charge is 2.10. The van der Waals surface area contributed by atoms with E-state index in [2.05, 4.69) is 6.92 Å². The van der Waals surface area contributed by atoms with Gasteiger partial charge in [-0.05, 0) is 49.4 Å². The van der Waals surface area contributed by atoms with E-state index < -0.39 is 0 Å². The summed E-state index contributed by atoms with van der Waals surface area (Å²) in [6.45, 7) is 6.08. The number of aryl methyl sites for hydroxylation is 1. The molecule has 0 aliphatic carbocycles. The lowest BCUT2D eigenvalue weighted by Crippen LogP contribution is -2.26. The van der Waals surface area contributed by atoms with Crippen molar-refractivity contribution in [3.05, 3.63) is 35.1 Å². The van der Waals surface area contributed by atoms with Crippen molar-refractivity contribution in [3.63, 3.8) is 0 Å². The average molecular weight is 195 g/mol. The van der Waals surface area contributed by atoms with Gasteiger partial charge in [-0.2, -0.15) is 0 Å². The predicted octanol–water partition coefficient (Wildman–Crippen LogP) is 2.66. The summed E-state index contributed by atoms with van der Waals surface area (Å²) in [5, 5.41) is 0. The maximum Gasteiger partial charge on any atom is 0.123 e. The molecule has 2 N–H and O–H groups in total. The predicted molar refractivity (Wildman–Crippen MR) is 57.7 cm³/mol. The zero-order chi connectivity index (χ0) is 10.7. The molecular weight excluding hydrogens is 177 g/mol. The smallest absolute Gasteiger partial charge is 0.123 e. The Balaban J connectivity index is 2.80. The van der Waals surface area contributed by atoms with Crippen molar-refractivity contribution in [3.8, 4) is 0 Å². The van der Waals surface area contributed by atoms with Crippen molar-refractivity contribution in [2.75, 3.05) is 0 Å². The van der Waals surface area contributed by atoms with E-state index >= 15 is 0 Å². The highest BCUT2D eigenvalue weighted by atomic mass is 19.1. The lowest BCUT2D eigenvalue weighted by Gasteiger charge is -2.16. The second kappa shape index (κ2) is 4.56. The Morgan fingerprint density at radius 3 is 2.57 bits per heavy atom. The van der Waals surface area contributed by atoms with Crippen LogP contribution in [0.15, 0.2) is 18.2 Å². The van der Waals surface area contributed by atoms with E-state index in [0.29, 0.717) is 5.92 Å². The third-order valence-electron chi connectivity index (χ3n) is 2.75. The minimum Gasteiger partial charge on any atom is -0.328 e. The molecular formula is C12H18FN. The maximum atomic E-state index is 13.0. The van der Waals surface area contributed by atoms with Crippen LogP contribution >= 0.6 is 0 Å². The molecule has 78 valence electrons. The van der Waals surface area contributed by atoms with E-state index in [-0.39, 0.29) is 11.9 Å². The summed E-state index contributed by atoms with van der Waals surface area (Å²) < 4.78 is 13.0. The van der Waals surface area contributed by atoms with Gasteiger partial charge in [-0.3, -0.25) is 0 Å². The molecule has 0 amide bonds. The average Bonchev–Trinajstić information content (AvgIpc) is 2.11. The first-order valence-corrected chi connectivity index (χ1v) is 5.01. The maximum absolute atomic E-state index is 13.0. The molecule has 0 saturated heterocycles. The van der Waals surface area contributed by atoms with Gasteiger partial charge in [0.1, 0.15) is 5.82 Å². The zero-order valence-corrected chi connectivity index (χ0v) is 9.05. The van der Waals surface area contributed by atoms with Gasteiger partial charge >= 0.3 is 0 Å². The molecule has 0 aliphatic rings. The van der Waals surface area contributed by atoms with E-state index in [4.69, 9.17) is 5.73 Å². The number of rotatable bonds is 3. The Hall–Kier alpha value is -0.890.